The van der Waals surface area contributed by atoms with Crippen LogP contribution in [-0.2, 0) is 10.0 Å². The van der Waals surface area contributed by atoms with Crippen LogP contribution in [-0.4, -0.2) is 44.4 Å². The second kappa shape index (κ2) is 6.58. The van der Waals surface area contributed by atoms with Crippen molar-refractivity contribution in [3.63, 3.8) is 0 Å². The number of likely N-dealkylation sites (N-methyl/N-ethyl adjacent to an activating group) is 1. The third-order valence-corrected chi connectivity index (χ3v) is 5.45. The molecule has 0 bridgehead atoms. The minimum atomic E-state index is -3.39. The van der Waals surface area contributed by atoms with Gasteiger partial charge in [-0.05, 0) is 31.9 Å². The van der Waals surface area contributed by atoms with E-state index in [9.17, 15) is 8.42 Å². The van der Waals surface area contributed by atoms with Gasteiger partial charge in [0, 0.05) is 32.9 Å². The second-order valence-corrected chi connectivity index (χ2v) is 7.57. The Labute approximate surface area is 127 Å². The summed E-state index contributed by atoms with van der Waals surface area (Å²) >= 11 is 0. The van der Waals surface area contributed by atoms with Gasteiger partial charge < -0.3 is 4.90 Å². The molecule has 0 unspecified atom stereocenters. The van der Waals surface area contributed by atoms with Gasteiger partial charge in [-0.25, -0.2) is 13.4 Å². The van der Waals surface area contributed by atoms with Gasteiger partial charge in [-0.2, -0.15) is 4.31 Å². The maximum absolute atomic E-state index is 12.5. The summed E-state index contributed by atoms with van der Waals surface area (Å²) < 4.78 is 26.6. The van der Waals surface area contributed by atoms with Crippen LogP contribution in [0.1, 0.15) is 26.2 Å². The van der Waals surface area contributed by atoms with E-state index in [-0.39, 0.29) is 4.90 Å². The van der Waals surface area contributed by atoms with Gasteiger partial charge in [-0.1, -0.05) is 18.6 Å². The Hall–Kier alpha value is -1.40. The molecule has 0 saturated carbocycles. The van der Waals surface area contributed by atoms with Crippen molar-refractivity contribution in [3.8, 4) is 0 Å². The monoisotopic (exact) mass is 309 g/mol. The summed E-state index contributed by atoms with van der Waals surface area (Å²) in [6, 6.07) is 3.39. The van der Waals surface area contributed by atoms with Crippen LogP contribution in [0, 0.1) is 0 Å². The molecule has 1 saturated heterocycles. The van der Waals surface area contributed by atoms with E-state index < -0.39 is 10.0 Å². The van der Waals surface area contributed by atoms with Gasteiger partial charge in [-0.15, -0.1) is 0 Å². The van der Waals surface area contributed by atoms with Crippen LogP contribution in [0.25, 0.3) is 0 Å². The number of hydrogen-bond donors (Lipinski definition) is 0. The molecular formula is C15H23N3O2S. The van der Waals surface area contributed by atoms with E-state index in [1.54, 1.807) is 16.4 Å². The highest BCUT2D eigenvalue weighted by Gasteiger charge is 2.26. The summed E-state index contributed by atoms with van der Waals surface area (Å²) in [4.78, 5) is 6.49. The lowest BCUT2D eigenvalue weighted by Gasteiger charge is -2.26. The first kappa shape index (κ1) is 16.0. The molecule has 0 spiro atoms. The molecule has 0 aliphatic carbocycles. The highest BCUT2D eigenvalue weighted by molar-refractivity contribution is 7.89. The molecule has 0 N–H and O–H groups in total. The summed E-state index contributed by atoms with van der Waals surface area (Å²) in [5.41, 5.74) is 1.03. The first-order valence-electron chi connectivity index (χ1n) is 7.23. The van der Waals surface area contributed by atoms with E-state index >= 15 is 0 Å². The van der Waals surface area contributed by atoms with E-state index in [0.717, 1.165) is 30.7 Å². The van der Waals surface area contributed by atoms with Crippen molar-refractivity contribution in [2.75, 3.05) is 31.6 Å². The Morgan fingerprint density at radius 3 is 2.52 bits per heavy atom. The van der Waals surface area contributed by atoms with Crippen molar-refractivity contribution >= 4 is 15.8 Å². The SMILES string of the molecule is C=C(C)CN(C)c1ccc(S(=O)(=O)N2CCCCC2)cn1. The Morgan fingerprint density at radius 1 is 1.33 bits per heavy atom. The molecule has 0 radical (unpaired) electrons. The average Bonchev–Trinajstić information content (AvgIpc) is 2.47. The van der Waals surface area contributed by atoms with Crippen LogP contribution in [0.3, 0.4) is 0 Å². The molecule has 1 aliphatic rings. The molecule has 2 heterocycles. The van der Waals surface area contributed by atoms with E-state index in [1.165, 1.54) is 6.20 Å². The Balaban J connectivity index is 2.16. The van der Waals surface area contributed by atoms with E-state index in [0.29, 0.717) is 19.6 Å². The van der Waals surface area contributed by atoms with Crippen LogP contribution < -0.4 is 4.90 Å². The number of pyridine rings is 1. The van der Waals surface area contributed by atoms with Crippen LogP contribution >= 0.6 is 0 Å². The van der Waals surface area contributed by atoms with Crippen molar-refractivity contribution in [1.82, 2.24) is 9.29 Å². The normalized spacial score (nSPS) is 16.7. The predicted molar refractivity (Wildman–Crippen MR) is 84.9 cm³/mol. The Bertz CT molecular complexity index is 590. The molecule has 1 aromatic heterocycles. The molecule has 1 aromatic rings. The zero-order valence-corrected chi connectivity index (χ0v) is 13.6. The lowest BCUT2D eigenvalue weighted by Crippen LogP contribution is -2.35. The fourth-order valence-corrected chi connectivity index (χ4v) is 3.95. The molecule has 6 heteroatoms. The number of nitrogens with zero attached hydrogens (tertiary/aromatic N) is 3. The minimum absolute atomic E-state index is 0.275. The molecule has 5 nitrogen and oxygen atoms in total. The summed E-state index contributed by atoms with van der Waals surface area (Å²) in [7, 11) is -1.48. The van der Waals surface area contributed by atoms with Gasteiger partial charge in [-0.3, -0.25) is 0 Å². The van der Waals surface area contributed by atoms with Crippen LogP contribution in [0.2, 0.25) is 0 Å². The molecule has 2 rings (SSSR count). The zero-order chi connectivity index (χ0) is 15.5. The lowest BCUT2D eigenvalue weighted by molar-refractivity contribution is 0.346. The predicted octanol–water partition coefficient (Wildman–Crippen LogP) is 2.27. The third-order valence-electron chi connectivity index (χ3n) is 3.57. The van der Waals surface area contributed by atoms with E-state index in [4.69, 9.17) is 0 Å². The van der Waals surface area contributed by atoms with Crippen LogP contribution in [0.5, 0.6) is 0 Å². The van der Waals surface area contributed by atoms with Crippen LogP contribution in [0.4, 0.5) is 5.82 Å². The summed E-state index contributed by atoms with van der Waals surface area (Å²) in [6.45, 7) is 7.74. The fraction of sp³-hybridized carbons (Fsp3) is 0.533. The lowest BCUT2D eigenvalue weighted by atomic mass is 10.2. The maximum Gasteiger partial charge on any atom is 0.244 e. The first-order chi connectivity index (χ1) is 9.91. The van der Waals surface area contributed by atoms with Gasteiger partial charge in [0.1, 0.15) is 10.7 Å². The molecule has 116 valence electrons. The largest absolute Gasteiger partial charge is 0.356 e. The Morgan fingerprint density at radius 2 is 2.00 bits per heavy atom. The van der Waals surface area contributed by atoms with Crippen LogP contribution in [0.15, 0.2) is 35.4 Å². The summed E-state index contributed by atoms with van der Waals surface area (Å²) in [5.74, 6) is 0.746. The smallest absolute Gasteiger partial charge is 0.244 e. The van der Waals surface area contributed by atoms with Gasteiger partial charge >= 0.3 is 0 Å². The third kappa shape index (κ3) is 3.83. The number of piperidine rings is 1. The summed E-state index contributed by atoms with van der Waals surface area (Å²) in [5, 5.41) is 0. The van der Waals surface area contributed by atoms with Gasteiger partial charge in [0.2, 0.25) is 10.0 Å². The standard InChI is InChI=1S/C15H23N3O2S/c1-13(2)12-17(3)15-8-7-14(11-16-15)21(19,20)18-9-5-4-6-10-18/h7-8,11H,1,4-6,9-10,12H2,2-3H3. The number of sulfonamides is 1. The number of aromatic nitrogens is 1. The molecular weight excluding hydrogens is 286 g/mol. The van der Waals surface area contributed by atoms with Gasteiger partial charge in [0.25, 0.3) is 0 Å². The minimum Gasteiger partial charge on any atom is -0.356 e. The van der Waals surface area contributed by atoms with Crippen molar-refractivity contribution < 1.29 is 8.42 Å². The second-order valence-electron chi connectivity index (χ2n) is 5.63. The van der Waals surface area contributed by atoms with Crippen molar-refractivity contribution in [3.05, 3.63) is 30.5 Å². The number of hydrogen-bond acceptors (Lipinski definition) is 4. The first-order valence-corrected chi connectivity index (χ1v) is 8.67. The van der Waals surface area contributed by atoms with Crippen molar-refractivity contribution in [2.24, 2.45) is 0 Å². The number of anilines is 1. The van der Waals surface area contributed by atoms with Crippen molar-refractivity contribution in [2.45, 2.75) is 31.1 Å². The topological polar surface area (TPSA) is 53.5 Å². The van der Waals surface area contributed by atoms with E-state index in [1.807, 2.05) is 18.9 Å². The highest BCUT2D eigenvalue weighted by Crippen LogP contribution is 2.21. The van der Waals surface area contributed by atoms with Gasteiger partial charge in [0.05, 0.1) is 0 Å². The van der Waals surface area contributed by atoms with Gasteiger partial charge in [0.15, 0.2) is 0 Å². The molecule has 1 aliphatic heterocycles. The van der Waals surface area contributed by atoms with E-state index in [2.05, 4.69) is 11.6 Å². The van der Waals surface area contributed by atoms with Crippen molar-refractivity contribution in [1.29, 1.82) is 0 Å². The molecule has 1 fully saturated rings. The molecule has 21 heavy (non-hydrogen) atoms. The molecule has 0 atom stereocenters. The zero-order valence-electron chi connectivity index (χ0n) is 12.7. The average molecular weight is 309 g/mol. The maximum atomic E-state index is 12.5. The molecule has 0 amide bonds. The number of rotatable bonds is 5. The Kier molecular flexibility index (Phi) is 5.00. The quantitative estimate of drug-likeness (QED) is 0.783. The fourth-order valence-electron chi connectivity index (χ4n) is 2.49. The highest BCUT2D eigenvalue weighted by atomic mass is 32.2. The summed E-state index contributed by atoms with van der Waals surface area (Å²) in [6.07, 6.45) is 4.43. The molecule has 0 aromatic carbocycles.